The summed E-state index contributed by atoms with van der Waals surface area (Å²) in [6, 6.07) is 15.0. The van der Waals surface area contributed by atoms with E-state index in [-0.39, 0.29) is 22.2 Å². The average molecular weight is 464 g/mol. The first-order valence-electron chi connectivity index (χ1n) is 11.0. The van der Waals surface area contributed by atoms with Gasteiger partial charge < -0.3 is 0 Å². The molecule has 172 valence electrons. The number of rotatable bonds is 5. The molecule has 0 aliphatic heterocycles. The van der Waals surface area contributed by atoms with Crippen molar-refractivity contribution in [2.24, 2.45) is 0 Å². The summed E-state index contributed by atoms with van der Waals surface area (Å²) < 4.78 is 69.6. The van der Waals surface area contributed by atoms with Gasteiger partial charge in [0.1, 0.15) is 11.6 Å². The van der Waals surface area contributed by atoms with E-state index in [4.69, 9.17) is 0 Å². The second-order valence-electron chi connectivity index (χ2n) is 8.16. The smallest absolute Gasteiger partial charge is 0.195 e. The van der Waals surface area contributed by atoms with Gasteiger partial charge in [-0.2, -0.15) is 0 Å². The van der Waals surface area contributed by atoms with E-state index >= 15 is 0 Å². The molecule has 0 atom stereocenters. The van der Waals surface area contributed by atoms with Crippen LogP contribution in [0.1, 0.15) is 41.2 Å². The number of aryl methyl sites for hydroxylation is 3. The van der Waals surface area contributed by atoms with Crippen LogP contribution < -0.4 is 0 Å². The van der Waals surface area contributed by atoms with Crippen LogP contribution in [0.5, 0.6) is 0 Å². The second-order valence-corrected chi connectivity index (χ2v) is 8.16. The van der Waals surface area contributed by atoms with Crippen molar-refractivity contribution in [2.45, 2.75) is 32.6 Å². The van der Waals surface area contributed by atoms with Gasteiger partial charge in [-0.1, -0.05) is 49.5 Å². The fourth-order valence-corrected chi connectivity index (χ4v) is 3.85. The van der Waals surface area contributed by atoms with Crippen LogP contribution in [0.15, 0.2) is 60.7 Å². The number of hydrogen-bond donors (Lipinski definition) is 0. The summed E-state index contributed by atoms with van der Waals surface area (Å²) in [6.07, 6.45) is 2.71. The van der Waals surface area contributed by atoms with Crippen LogP contribution in [0.2, 0.25) is 0 Å². The molecule has 0 bridgehead atoms. The van der Waals surface area contributed by atoms with Gasteiger partial charge in [-0.05, 0) is 77.7 Å². The van der Waals surface area contributed by atoms with E-state index in [0.29, 0.717) is 24.0 Å². The van der Waals surface area contributed by atoms with Crippen LogP contribution in [0.25, 0.3) is 10.8 Å². The third kappa shape index (κ3) is 5.12. The molecule has 4 aromatic rings. The lowest BCUT2D eigenvalue weighted by Crippen LogP contribution is -1.98. The highest BCUT2D eigenvalue weighted by molar-refractivity contribution is 5.84. The fourth-order valence-electron chi connectivity index (χ4n) is 3.85. The predicted octanol–water partition coefficient (Wildman–Crippen LogP) is 7.67. The zero-order chi connectivity index (χ0) is 24.2. The highest BCUT2D eigenvalue weighted by Gasteiger charge is 2.13. The van der Waals surface area contributed by atoms with Gasteiger partial charge in [-0.15, -0.1) is 0 Å². The van der Waals surface area contributed by atoms with Crippen LogP contribution in [-0.4, -0.2) is 0 Å². The molecule has 0 radical (unpaired) electrons. The van der Waals surface area contributed by atoms with Crippen molar-refractivity contribution in [1.29, 1.82) is 0 Å². The summed E-state index contributed by atoms with van der Waals surface area (Å²) in [6.45, 7) is 2.04. The van der Waals surface area contributed by atoms with E-state index < -0.39 is 23.3 Å². The van der Waals surface area contributed by atoms with E-state index in [2.05, 4.69) is 11.8 Å². The minimum atomic E-state index is -1.52. The molecule has 4 rings (SSSR count). The summed E-state index contributed by atoms with van der Waals surface area (Å²) >= 11 is 0. The van der Waals surface area contributed by atoms with Gasteiger partial charge in [0.2, 0.25) is 0 Å². The van der Waals surface area contributed by atoms with E-state index in [1.54, 1.807) is 24.3 Å². The molecule has 0 nitrogen and oxygen atoms in total. The Kier molecular flexibility index (Phi) is 6.98. The molecule has 0 amide bonds. The van der Waals surface area contributed by atoms with E-state index in [1.165, 1.54) is 24.3 Å². The van der Waals surface area contributed by atoms with Gasteiger partial charge in [-0.3, -0.25) is 0 Å². The molecule has 0 saturated carbocycles. The number of hydrogen-bond acceptors (Lipinski definition) is 0. The zero-order valence-electron chi connectivity index (χ0n) is 18.5. The van der Waals surface area contributed by atoms with E-state index in [0.717, 1.165) is 30.0 Å². The molecule has 0 aromatic heterocycles. The predicted molar refractivity (Wildman–Crippen MR) is 124 cm³/mol. The van der Waals surface area contributed by atoms with Gasteiger partial charge in [-0.25, -0.2) is 22.0 Å². The topological polar surface area (TPSA) is 0 Å². The molecule has 0 aliphatic rings. The Morgan fingerprint density at radius 3 is 2.09 bits per heavy atom. The third-order valence-corrected chi connectivity index (χ3v) is 5.69. The zero-order valence-corrected chi connectivity index (χ0v) is 18.5. The maximum Gasteiger partial charge on any atom is 0.195 e. The first-order chi connectivity index (χ1) is 16.4. The Labute approximate surface area is 195 Å². The lowest BCUT2D eigenvalue weighted by atomic mass is 10.0. The molecule has 0 saturated heterocycles. The van der Waals surface area contributed by atoms with Crippen LogP contribution >= 0.6 is 0 Å². The average Bonchev–Trinajstić information content (AvgIpc) is 2.81. The van der Waals surface area contributed by atoms with Crippen molar-refractivity contribution < 1.29 is 22.0 Å². The molecule has 34 heavy (non-hydrogen) atoms. The minimum Gasteiger partial charge on any atom is -0.207 e. The van der Waals surface area contributed by atoms with Gasteiger partial charge in [0, 0.05) is 10.9 Å². The molecule has 0 unspecified atom stereocenters. The fraction of sp³-hybridized carbons (Fsp3) is 0.172. The normalized spacial score (nSPS) is 10.9. The molecular weight excluding hydrogens is 443 g/mol. The van der Waals surface area contributed by atoms with Crippen LogP contribution in [-0.2, 0) is 19.3 Å². The van der Waals surface area contributed by atoms with Crippen molar-refractivity contribution in [3.8, 4) is 11.8 Å². The lowest BCUT2D eigenvalue weighted by molar-refractivity contribution is 0.453. The van der Waals surface area contributed by atoms with Crippen molar-refractivity contribution in [3.05, 3.63) is 118 Å². The third-order valence-electron chi connectivity index (χ3n) is 5.69. The molecule has 0 spiro atoms. The molecule has 5 heteroatoms. The highest BCUT2D eigenvalue weighted by atomic mass is 19.2. The van der Waals surface area contributed by atoms with Crippen molar-refractivity contribution in [2.75, 3.05) is 0 Å². The lowest BCUT2D eigenvalue weighted by Gasteiger charge is -2.07. The van der Waals surface area contributed by atoms with Crippen LogP contribution in [0, 0.1) is 40.9 Å². The Balaban J connectivity index is 1.49. The largest absolute Gasteiger partial charge is 0.207 e. The van der Waals surface area contributed by atoms with E-state index in [9.17, 15) is 22.0 Å². The highest BCUT2D eigenvalue weighted by Crippen LogP contribution is 2.24. The Bertz CT molecular complexity index is 1430. The summed E-state index contributed by atoms with van der Waals surface area (Å²) in [5.74, 6) is 0.668. The Morgan fingerprint density at radius 1 is 0.618 bits per heavy atom. The molecule has 0 fully saturated rings. The van der Waals surface area contributed by atoms with Gasteiger partial charge in [0.05, 0.1) is 5.56 Å². The summed E-state index contributed by atoms with van der Waals surface area (Å²) in [7, 11) is 0. The van der Waals surface area contributed by atoms with Crippen molar-refractivity contribution in [3.63, 3.8) is 0 Å². The van der Waals surface area contributed by atoms with Crippen LogP contribution in [0.4, 0.5) is 22.0 Å². The van der Waals surface area contributed by atoms with Crippen molar-refractivity contribution in [1.82, 2.24) is 0 Å². The number of halogens is 5. The standard InChI is InChI=1S/C29H21F5/c1-2-3-18-4-9-21(25(30)15-18)11-6-20-7-12-22(26(31)16-20)10-5-19-8-13-24-23(14-19)17-27(32)29(34)28(24)33/h4,7-9,12-17H,2-3,6,11H2,1H3. The van der Waals surface area contributed by atoms with Crippen molar-refractivity contribution >= 4 is 10.8 Å². The first-order valence-corrected chi connectivity index (χ1v) is 11.0. The first kappa shape index (κ1) is 23.5. The SMILES string of the molecule is CCCc1ccc(CCc2ccc(C#Cc3ccc4c(F)c(F)c(F)cc4c3)c(F)c2)c(F)c1. The molecule has 4 aromatic carbocycles. The maximum absolute atomic E-state index is 14.6. The van der Waals surface area contributed by atoms with Crippen LogP contribution in [0.3, 0.4) is 0 Å². The summed E-state index contributed by atoms with van der Waals surface area (Å²) in [5.41, 5.74) is 2.84. The monoisotopic (exact) mass is 464 g/mol. The Hall–Kier alpha value is -3.65. The van der Waals surface area contributed by atoms with E-state index in [1.807, 2.05) is 13.0 Å². The van der Waals surface area contributed by atoms with Gasteiger partial charge in [0.15, 0.2) is 17.5 Å². The minimum absolute atomic E-state index is 0.0589. The maximum atomic E-state index is 14.6. The summed E-state index contributed by atoms with van der Waals surface area (Å²) in [5, 5.41) is 0.102. The number of fused-ring (bicyclic) bond motifs is 1. The molecule has 0 heterocycles. The van der Waals surface area contributed by atoms with Gasteiger partial charge >= 0.3 is 0 Å². The quantitative estimate of drug-likeness (QED) is 0.161. The van der Waals surface area contributed by atoms with Gasteiger partial charge in [0.25, 0.3) is 0 Å². The summed E-state index contributed by atoms with van der Waals surface area (Å²) in [4.78, 5) is 0. The molecular formula is C29H21F5. The molecule has 0 aliphatic carbocycles. The Morgan fingerprint density at radius 2 is 1.35 bits per heavy atom. The molecule has 0 N–H and O–H groups in total. The second kappa shape index (κ2) is 10.1. The number of benzene rings is 4.